The quantitative estimate of drug-likeness (QED) is 0.514. The Balaban J connectivity index is 1.90. The zero-order valence-electron chi connectivity index (χ0n) is 10.6. The first-order chi connectivity index (χ1) is 10.1. The van der Waals surface area contributed by atoms with Gasteiger partial charge in [0.1, 0.15) is 18.9 Å². The Morgan fingerprint density at radius 3 is 2.95 bits per heavy atom. The van der Waals surface area contributed by atoms with E-state index in [0.717, 1.165) is 17.1 Å². The molecule has 1 aromatic heterocycles. The van der Waals surface area contributed by atoms with Crippen molar-refractivity contribution in [3.63, 3.8) is 0 Å². The summed E-state index contributed by atoms with van der Waals surface area (Å²) in [7, 11) is 0. The molecule has 1 N–H and O–H groups in total. The van der Waals surface area contributed by atoms with Crippen LogP contribution in [0.3, 0.4) is 0 Å². The Hall–Kier alpha value is -2.74. The number of benzene rings is 1. The molecule has 108 valence electrons. The lowest BCUT2D eigenvalue weighted by atomic mass is 10.2. The van der Waals surface area contributed by atoms with Gasteiger partial charge in [-0.25, -0.2) is 5.43 Å². The van der Waals surface area contributed by atoms with Crippen LogP contribution in [0.2, 0.25) is 5.02 Å². The highest BCUT2D eigenvalue weighted by molar-refractivity contribution is 6.33. The molecule has 1 amide bonds. The molecule has 0 saturated heterocycles. The predicted molar refractivity (Wildman–Crippen MR) is 76.1 cm³/mol. The van der Waals surface area contributed by atoms with E-state index in [1.54, 1.807) is 24.3 Å². The Labute approximate surface area is 124 Å². The van der Waals surface area contributed by atoms with E-state index in [1.807, 2.05) is 0 Å². The summed E-state index contributed by atoms with van der Waals surface area (Å²) in [5.41, 5.74) is 2.77. The van der Waals surface area contributed by atoms with Crippen LogP contribution in [0.15, 0.2) is 41.8 Å². The number of carbonyl (C=O) groups is 1. The molecule has 21 heavy (non-hydrogen) atoms. The highest BCUT2D eigenvalue weighted by Gasteiger charge is 2.10. The van der Waals surface area contributed by atoms with E-state index >= 15 is 0 Å². The number of aromatic nitrogens is 2. The average Bonchev–Trinajstić information content (AvgIpc) is 2.89. The van der Waals surface area contributed by atoms with Gasteiger partial charge in [0.15, 0.2) is 0 Å². The molecule has 1 heterocycles. The zero-order chi connectivity index (χ0) is 15.2. The summed E-state index contributed by atoms with van der Waals surface area (Å²) in [6, 6.07) is 7.02. The van der Waals surface area contributed by atoms with Crippen molar-refractivity contribution < 1.29 is 9.72 Å². The van der Waals surface area contributed by atoms with E-state index < -0.39 is 10.8 Å². The fourth-order valence-corrected chi connectivity index (χ4v) is 1.65. The van der Waals surface area contributed by atoms with E-state index in [2.05, 4.69) is 15.6 Å². The second kappa shape index (κ2) is 6.62. The molecular weight excluding hydrogens is 298 g/mol. The summed E-state index contributed by atoms with van der Waals surface area (Å²) in [6.07, 6.45) is 3.64. The maximum Gasteiger partial charge on any atom is 0.307 e. The van der Waals surface area contributed by atoms with Crippen LogP contribution in [0.4, 0.5) is 5.69 Å². The van der Waals surface area contributed by atoms with Crippen LogP contribution in [0, 0.1) is 10.1 Å². The van der Waals surface area contributed by atoms with E-state index in [0.29, 0.717) is 10.6 Å². The van der Waals surface area contributed by atoms with Gasteiger partial charge in [0.2, 0.25) is 0 Å². The van der Waals surface area contributed by atoms with Gasteiger partial charge in [-0.3, -0.25) is 19.6 Å². The monoisotopic (exact) mass is 307 g/mol. The number of hydrazone groups is 1. The van der Waals surface area contributed by atoms with Gasteiger partial charge in [-0.15, -0.1) is 0 Å². The van der Waals surface area contributed by atoms with Crippen molar-refractivity contribution in [2.45, 2.75) is 6.54 Å². The molecule has 0 fully saturated rings. The molecule has 2 rings (SSSR count). The molecule has 0 bridgehead atoms. The van der Waals surface area contributed by atoms with Crippen molar-refractivity contribution >= 4 is 29.4 Å². The largest absolute Gasteiger partial charge is 0.307 e. The highest BCUT2D eigenvalue weighted by Crippen LogP contribution is 2.12. The maximum atomic E-state index is 11.6. The molecule has 0 spiro atoms. The van der Waals surface area contributed by atoms with Crippen LogP contribution >= 0.6 is 11.6 Å². The smallest absolute Gasteiger partial charge is 0.271 e. The Bertz CT molecular complexity index is 698. The van der Waals surface area contributed by atoms with Gasteiger partial charge in [0.25, 0.3) is 5.91 Å². The predicted octanol–water partition coefficient (Wildman–Crippen LogP) is 1.59. The molecule has 0 aliphatic carbocycles. The SMILES string of the molecule is O=C(Cn1cc([N+](=O)[O-])cn1)N/N=C/c1ccccc1Cl. The third-order valence-corrected chi connectivity index (χ3v) is 2.78. The van der Waals surface area contributed by atoms with Gasteiger partial charge >= 0.3 is 5.69 Å². The standard InChI is InChI=1S/C12H10ClN5O3/c13-11-4-2-1-3-9(11)5-14-16-12(19)8-17-7-10(6-15-17)18(20)21/h1-7H,8H2,(H,16,19)/b14-5+. The Morgan fingerprint density at radius 2 is 2.29 bits per heavy atom. The van der Waals surface area contributed by atoms with Crippen LogP contribution in [0.25, 0.3) is 0 Å². The number of rotatable bonds is 5. The minimum absolute atomic E-state index is 0.173. The number of carbonyl (C=O) groups excluding carboxylic acids is 1. The molecule has 9 heteroatoms. The van der Waals surface area contributed by atoms with Gasteiger partial charge in [0.05, 0.1) is 11.1 Å². The third kappa shape index (κ3) is 4.11. The number of nitro groups is 1. The number of hydrogen-bond acceptors (Lipinski definition) is 5. The minimum atomic E-state index is -0.586. The van der Waals surface area contributed by atoms with Gasteiger partial charge in [-0.05, 0) is 6.07 Å². The molecule has 0 atom stereocenters. The third-order valence-electron chi connectivity index (χ3n) is 2.43. The number of halogens is 1. The number of nitrogens with zero attached hydrogens (tertiary/aromatic N) is 4. The molecule has 0 radical (unpaired) electrons. The van der Waals surface area contributed by atoms with Crippen LogP contribution in [-0.2, 0) is 11.3 Å². The number of hydrogen-bond donors (Lipinski definition) is 1. The second-order valence-electron chi connectivity index (χ2n) is 3.97. The van der Waals surface area contributed by atoms with Gasteiger partial charge in [-0.1, -0.05) is 29.8 Å². The number of amides is 1. The van der Waals surface area contributed by atoms with Crippen LogP contribution in [-0.4, -0.2) is 26.8 Å². The minimum Gasteiger partial charge on any atom is -0.271 e. The molecule has 0 unspecified atom stereocenters. The van der Waals surface area contributed by atoms with Crippen LogP contribution in [0.5, 0.6) is 0 Å². The molecule has 0 aliphatic heterocycles. The highest BCUT2D eigenvalue weighted by atomic mass is 35.5. The molecule has 1 aromatic carbocycles. The summed E-state index contributed by atoms with van der Waals surface area (Å²) in [4.78, 5) is 21.5. The Kier molecular flexibility index (Phi) is 4.62. The van der Waals surface area contributed by atoms with E-state index in [1.165, 1.54) is 6.21 Å². The van der Waals surface area contributed by atoms with E-state index in [4.69, 9.17) is 11.6 Å². The molecule has 2 aromatic rings. The lowest BCUT2D eigenvalue weighted by Crippen LogP contribution is -2.23. The topological polar surface area (TPSA) is 102 Å². The van der Waals surface area contributed by atoms with Crippen LogP contribution < -0.4 is 5.43 Å². The van der Waals surface area contributed by atoms with Gasteiger partial charge < -0.3 is 0 Å². The molecule has 0 saturated carbocycles. The second-order valence-corrected chi connectivity index (χ2v) is 4.38. The molecule has 0 aliphatic rings. The maximum absolute atomic E-state index is 11.6. The van der Waals surface area contributed by atoms with Gasteiger partial charge in [0, 0.05) is 10.6 Å². The van der Waals surface area contributed by atoms with E-state index in [-0.39, 0.29) is 12.2 Å². The first kappa shape index (κ1) is 14.7. The van der Waals surface area contributed by atoms with Crippen molar-refractivity contribution in [1.82, 2.24) is 15.2 Å². The van der Waals surface area contributed by atoms with Gasteiger partial charge in [-0.2, -0.15) is 10.2 Å². The first-order valence-corrected chi connectivity index (χ1v) is 6.17. The van der Waals surface area contributed by atoms with Crippen molar-refractivity contribution in [3.05, 3.63) is 57.4 Å². The van der Waals surface area contributed by atoms with Crippen LogP contribution in [0.1, 0.15) is 5.56 Å². The average molecular weight is 308 g/mol. The fourth-order valence-electron chi connectivity index (χ4n) is 1.47. The first-order valence-electron chi connectivity index (χ1n) is 5.79. The van der Waals surface area contributed by atoms with Crippen molar-refractivity contribution in [3.8, 4) is 0 Å². The van der Waals surface area contributed by atoms with E-state index in [9.17, 15) is 14.9 Å². The number of nitrogens with one attached hydrogen (secondary N) is 1. The molecule has 8 nitrogen and oxygen atoms in total. The summed E-state index contributed by atoms with van der Waals surface area (Å²) in [5.74, 6) is -0.462. The lowest BCUT2D eigenvalue weighted by Gasteiger charge is -2.00. The zero-order valence-corrected chi connectivity index (χ0v) is 11.4. The van der Waals surface area contributed by atoms with Crippen molar-refractivity contribution in [2.24, 2.45) is 5.10 Å². The summed E-state index contributed by atoms with van der Waals surface area (Å²) >= 11 is 5.92. The summed E-state index contributed by atoms with van der Waals surface area (Å²) in [5, 5.41) is 18.4. The normalized spacial score (nSPS) is 10.7. The summed E-state index contributed by atoms with van der Waals surface area (Å²) in [6.45, 7) is -0.173. The Morgan fingerprint density at radius 1 is 1.52 bits per heavy atom. The van der Waals surface area contributed by atoms with Crippen molar-refractivity contribution in [1.29, 1.82) is 0 Å². The van der Waals surface area contributed by atoms with Crippen molar-refractivity contribution in [2.75, 3.05) is 0 Å². The lowest BCUT2D eigenvalue weighted by molar-refractivity contribution is -0.385. The molecular formula is C12H10ClN5O3. The fraction of sp³-hybridized carbons (Fsp3) is 0.0833. The summed E-state index contributed by atoms with van der Waals surface area (Å²) < 4.78 is 1.15.